The van der Waals surface area contributed by atoms with Crippen LogP contribution >= 0.6 is 0 Å². The Labute approximate surface area is 115 Å². The van der Waals surface area contributed by atoms with Gasteiger partial charge in [0.15, 0.2) is 4.90 Å². The second-order valence-corrected chi connectivity index (χ2v) is 5.77. The van der Waals surface area contributed by atoms with Crippen LogP contribution in [0.5, 0.6) is 0 Å². The molecule has 0 radical (unpaired) electrons. The largest absolute Gasteiger partial charge is 0.325 e. The molecule has 20 heavy (non-hydrogen) atoms. The zero-order valence-corrected chi connectivity index (χ0v) is 11.5. The van der Waals surface area contributed by atoms with Gasteiger partial charge >= 0.3 is 5.69 Å². The van der Waals surface area contributed by atoms with Gasteiger partial charge in [0, 0.05) is 12.7 Å². The SMILES string of the molecule is CCN(c1ccccc1)S(=O)(=O)c1c[nH]c(=O)[nH]c1=O. The van der Waals surface area contributed by atoms with E-state index < -0.39 is 26.2 Å². The van der Waals surface area contributed by atoms with Gasteiger partial charge in [0.2, 0.25) is 0 Å². The van der Waals surface area contributed by atoms with Crippen LogP contribution in [-0.2, 0) is 10.0 Å². The summed E-state index contributed by atoms with van der Waals surface area (Å²) in [4.78, 5) is 26.2. The molecular formula is C12H13N3O4S. The summed E-state index contributed by atoms with van der Waals surface area (Å²) >= 11 is 0. The van der Waals surface area contributed by atoms with Crippen LogP contribution < -0.4 is 15.6 Å². The number of H-pyrrole nitrogens is 2. The quantitative estimate of drug-likeness (QED) is 0.845. The maximum Gasteiger partial charge on any atom is 0.325 e. The molecule has 0 unspecified atom stereocenters. The van der Waals surface area contributed by atoms with Gasteiger partial charge in [0.1, 0.15) is 0 Å². The molecule has 1 heterocycles. The van der Waals surface area contributed by atoms with Crippen molar-refractivity contribution in [2.75, 3.05) is 10.8 Å². The summed E-state index contributed by atoms with van der Waals surface area (Å²) < 4.78 is 26.1. The highest BCUT2D eigenvalue weighted by molar-refractivity contribution is 7.92. The van der Waals surface area contributed by atoms with Crippen LogP contribution in [0.25, 0.3) is 0 Å². The number of sulfonamides is 1. The predicted octanol–water partition coefficient (Wildman–Crippen LogP) is 0.278. The van der Waals surface area contributed by atoms with E-state index in [1.54, 1.807) is 37.3 Å². The van der Waals surface area contributed by atoms with Crippen LogP contribution in [0.4, 0.5) is 5.69 Å². The minimum Gasteiger partial charge on any atom is -0.313 e. The van der Waals surface area contributed by atoms with Crippen LogP contribution in [0, 0.1) is 0 Å². The van der Waals surface area contributed by atoms with E-state index in [1.807, 2.05) is 4.98 Å². The smallest absolute Gasteiger partial charge is 0.313 e. The van der Waals surface area contributed by atoms with Gasteiger partial charge in [-0.3, -0.25) is 14.1 Å². The molecule has 0 fully saturated rings. The molecule has 8 heteroatoms. The van der Waals surface area contributed by atoms with Gasteiger partial charge in [-0.15, -0.1) is 0 Å². The van der Waals surface area contributed by atoms with Crippen LogP contribution in [0.1, 0.15) is 6.92 Å². The lowest BCUT2D eigenvalue weighted by atomic mass is 10.3. The summed E-state index contributed by atoms with van der Waals surface area (Å²) in [5.41, 5.74) is -1.25. The van der Waals surface area contributed by atoms with Crippen molar-refractivity contribution in [1.29, 1.82) is 0 Å². The first-order valence-corrected chi connectivity index (χ1v) is 7.30. The molecular weight excluding hydrogens is 282 g/mol. The van der Waals surface area contributed by atoms with Gasteiger partial charge in [-0.25, -0.2) is 13.2 Å². The van der Waals surface area contributed by atoms with Crippen molar-refractivity contribution >= 4 is 15.7 Å². The third-order valence-corrected chi connectivity index (χ3v) is 4.59. The van der Waals surface area contributed by atoms with Crippen molar-refractivity contribution in [3.63, 3.8) is 0 Å². The van der Waals surface area contributed by atoms with Crippen LogP contribution in [0.3, 0.4) is 0 Å². The Hall–Kier alpha value is -2.35. The Balaban J connectivity index is 2.59. The molecule has 1 aromatic carbocycles. The van der Waals surface area contributed by atoms with Crippen molar-refractivity contribution in [2.45, 2.75) is 11.8 Å². The molecule has 2 rings (SSSR count). The van der Waals surface area contributed by atoms with Gasteiger partial charge < -0.3 is 4.98 Å². The summed E-state index contributed by atoms with van der Waals surface area (Å²) in [6, 6.07) is 8.41. The molecule has 7 nitrogen and oxygen atoms in total. The van der Waals surface area contributed by atoms with E-state index in [1.165, 1.54) is 0 Å². The lowest BCUT2D eigenvalue weighted by molar-refractivity contribution is 0.589. The molecule has 0 atom stereocenters. The number of nitrogens with zero attached hydrogens (tertiary/aromatic N) is 1. The average molecular weight is 295 g/mol. The highest BCUT2D eigenvalue weighted by Crippen LogP contribution is 2.20. The number of rotatable bonds is 4. The number of benzene rings is 1. The van der Waals surface area contributed by atoms with Crippen LogP contribution in [0.2, 0.25) is 0 Å². The zero-order chi connectivity index (χ0) is 14.8. The monoisotopic (exact) mass is 295 g/mol. The fourth-order valence-corrected chi connectivity index (χ4v) is 3.26. The molecule has 2 aromatic rings. The molecule has 1 aromatic heterocycles. The van der Waals surface area contributed by atoms with Crippen LogP contribution in [-0.4, -0.2) is 24.9 Å². The van der Waals surface area contributed by atoms with E-state index in [9.17, 15) is 18.0 Å². The molecule has 0 aliphatic rings. The van der Waals surface area contributed by atoms with Crippen molar-refractivity contribution in [3.8, 4) is 0 Å². The normalized spacial score (nSPS) is 11.2. The minimum atomic E-state index is -4.03. The number of nitrogens with one attached hydrogen (secondary N) is 2. The fourth-order valence-electron chi connectivity index (χ4n) is 1.79. The van der Waals surface area contributed by atoms with Gasteiger partial charge in [-0.1, -0.05) is 18.2 Å². The van der Waals surface area contributed by atoms with Gasteiger partial charge in [0.05, 0.1) is 5.69 Å². The number of hydrogen-bond acceptors (Lipinski definition) is 4. The molecule has 0 aliphatic carbocycles. The van der Waals surface area contributed by atoms with Crippen molar-refractivity contribution in [2.24, 2.45) is 0 Å². The Morgan fingerprint density at radius 3 is 2.35 bits per heavy atom. The first-order valence-electron chi connectivity index (χ1n) is 5.86. The number of aromatic nitrogens is 2. The first kappa shape index (κ1) is 14.1. The van der Waals surface area contributed by atoms with E-state index in [2.05, 4.69) is 4.98 Å². The van der Waals surface area contributed by atoms with Crippen molar-refractivity contribution in [1.82, 2.24) is 9.97 Å². The number of hydrogen-bond donors (Lipinski definition) is 2. The van der Waals surface area contributed by atoms with Gasteiger partial charge in [-0.2, -0.15) is 0 Å². The van der Waals surface area contributed by atoms with E-state index in [-0.39, 0.29) is 6.54 Å². The molecule has 0 bridgehead atoms. The zero-order valence-electron chi connectivity index (χ0n) is 10.7. The predicted molar refractivity (Wildman–Crippen MR) is 74.3 cm³/mol. The molecule has 0 spiro atoms. The average Bonchev–Trinajstić information content (AvgIpc) is 2.40. The molecule has 0 amide bonds. The van der Waals surface area contributed by atoms with E-state index >= 15 is 0 Å². The van der Waals surface area contributed by atoms with E-state index in [4.69, 9.17) is 0 Å². The Kier molecular flexibility index (Phi) is 3.75. The number of anilines is 1. The standard InChI is InChI=1S/C12H13N3O4S/c1-2-15(9-6-4-3-5-7-9)20(18,19)10-8-13-12(17)14-11(10)16/h3-8H,2H2,1H3,(H2,13,14,16,17). The molecule has 0 aliphatic heterocycles. The second-order valence-electron chi connectivity index (χ2n) is 3.94. The maximum atomic E-state index is 12.5. The molecule has 0 saturated carbocycles. The summed E-state index contributed by atoms with van der Waals surface area (Å²) in [5.74, 6) is 0. The lowest BCUT2D eigenvalue weighted by Gasteiger charge is -2.22. The van der Waals surface area contributed by atoms with E-state index in [0.29, 0.717) is 5.69 Å². The Bertz CT molecular complexity index is 808. The summed E-state index contributed by atoms with van der Waals surface area (Å²) in [7, 11) is -4.03. The third-order valence-electron chi connectivity index (χ3n) is 2.68. The van der Waals surface area contributed by atoms with Crippen molar-refractivity contribution in [3.05, 3.63) is 57.4 Å². The van der Waals surface area contributed by atoms with Gasteiger partial charge in [0.25, 0.3) is 15.6 Å². The Morgan fingerprint density at radius 2 is 1.80 bits per heavy atom. The molecule has 2 N–H and O–H groups in total. The molecule has 106 valence electrons. The molecule has 0 saturated heterocycles. The third kappa shape index (κ3) is 2.50. The second kappa shape index (κ2) is 5.33. The highest BCUT2D eigenvalue weighted by atomic mass is 32.2. The maximum absolute atomic E-state index is 12.5. The lowest BCUT2D eigenvalue weighted by Crippen LogP contribution is -2.36. The topological polar surface area (TPSA) is 103 Å². The number of para-hydroxylation sites is 1. The highest BCUT2D eigenvalue weighted by Gasteiger charge is 2.26. The van der Waals surface area contributed by atoms with Crippen molar-refractivity contribution < 1.29 is 8.42 Å². The minimum absolute atomic E-state index is 0.158. The van der Waals surface area contributed by atoms with Gasteiger partial charge in [-0.05, 0) is 19.1 Å². The fraction of sp³-hybridized carbons (Fsp3) is 0.167. The summed E-state index contributed by atoms with van der Waals surface area (Å²) in [5, 5.41) is 0. The van der Waals surface area contributed by atoms with E-state index in [0.717, 1.165) is 10.5 Å². The summed E-state index contributed by atoms with van der Waals surface area (Å²) in [6.45, 7) is 1.81. The summed E-state index contributed by atoms with van der Waals surface area (Å²) in [6.07, 6.45) is 0.905. The first-order chi connectivity index (χ1) is 9.46. The van der Waals surface area contributed by atoms with Crippen LogP contribution in [0.15, 0.2) is 51.0 Å². The Morgan fingerprint density at radius 1 is 1.15 bits per heavy atom. The number of aromatic amines is 2.